The number of imidazole rings is 1. The highest BCUT2D eigenvalue weighted by Crippen LogP contribution is 2.28. The molecule has 1 aliphatic carbocycles. The van der Waals surface area contributed by atoms with Gasteiger partial charge in [-0.05, 0) is 31.4 Å². The summed E-state index contributed by atoms with van der Waals surface area (Å²) < 4.78 is 7.42. The summed E-state index contributed by atoms with van der Waals surface area (Å²) in [5, 5.41) is 24.7. The van der Waals surface area contributed by atoms with Crippen molar-refractivity contribution in [1.82, 2.24) is 19.7 Å². The maximum absolute atomic E-state index is 12.4. The molecule has 9 heteroatoms. The lowest BCUT2D eigenvalue weighted by Gasteiger charge is -2.12. The van der Waals surface area contributed by atoms with Crippen LogP contribution < -0.4 is 10.6 Å². The van der Waals surface area contributed by atoms with Crippen molar-refractivity contribution in [3.8, 4) is 22.5 Å². The molecule has 4 N–H and O–H groups in total. The second-order valence-corrected chi connectivity index (χ2v) is 9.19. The van der Waals surface area contributed by atoms with Gasteiger partial charge in [-0.2, -0.15) is 0 Å². The number of carbonyl (C=O) groups is 1. The molecule has 4 aromatic rings. The van der Waals surface area contributed by atoms with Crippen LogP contribution in [0.15, 0.2) is 67.0 Å². The molecule has 9 nitrogen and oxygen atoms in total. The molecule has 2 aromatic heterocycles. The highest BCUT2D eigenvalue weighted by atomic mass is 16.5. The number of amides is 1. The van der Waals surface area contributed by atoms with Gasteiger partial charge in [0.25, 0.3) is 5.91 Å². The van der Waals surface area contributed by atoms with Gasteiger partial charge in [0.1, 0.15) is 6.10 Å². The van der Waals surface area contributed by atoms with E-state index in [1.54, 1.807) is 0 Å². The minimum atomic E-state index is -0.859. The number of hydrogen-bond acceptors (Lipinski definition) is 7. The molecule has 1 atom stereocenters. The summed E-state index contributed by atoms with van der Waals surface area (Å²) in [5.74, 6) is 0.618. The Morgan fingerprint density at radius 3 is 2.62 bits per heavy atom. The summed E-state index contributed by atoms with van der Waals surface area (Å²) in [6.07, 6.45) is 5.74. The average Bonchev–Trinajstić information content (AvgIpc) is 3.65. The molecule has 0 spiro atoms. The lowest BCUT2D eigenvalue weighted by molar-refractivity contribution is 0.00629. The van der Waals surface area contributed by atoms with Crippen molar-refractivity contribution in [3.63, 3.8) is 0 Å². The standard InChI is InChI=1S/C28H31N5O4/c34-17-23(35)18-37-14-4-13-29-26-27-30-15-25(33(27)16-24(32-26)19-5-2-1-3-6-19)20-7-9-21(10-8-20)28(36)31-22-11-12-22/h1-3,5-10,15-16,22-23,34-35H,4,11-14,17-18H2,(H,29,32)(H,31,36)/t23-/m0/s1. The predicted molar refractivity (Wildman–Crippen MR) is 141 cm³/mol. The molecule has 2 heterocycles. The van der Waals surface area contributed by atoms with E-state index < -0.39 is 6.10 Å². The molecule has 1 amide bonds. The monoisotopic (exact) mass is 501 g/mol. The third-order valence-corrected chi connectivity index (χ3v) is 6.20. The van der Waals surface area contributed by atoms with E-state index in [9.17, 15) is 9.90 Å². The minimum absolute atomic E-state index is 0.0379. The van der Waals surface area contributed by atoms with Crippen molar-refractivity contribution < 1.29 is 19.7 Å². The van der Waals surface area contributed by atoms with E-state index in [4.69, 9.17) is 14.8 Å². The van der Waals surface area contributed by atoms with Gasteiger partial charge in [0.2, 0.25) is 0 Å². The van der Waals surface area contributed by atoms with Crippen LogP contribution in [0, 0.1) is 0 Å². The number of benzene rings is 2. The molecule has 1 fully saturated rings. The zero-order valence-electron chi connectivity index (χ0n) is 20.5. The maximum atomic E-state index is 12.4. The number of aliphatic hydroxyl groups is 2. The zero-order chi connectivity index (χ0) is 25.6. The van der Waals surface area contributed by atoms with E-state index in [1.165, 1.54) is 0 Å². The van der Waals surface area contributed by atoms with Gasteiger partial charge in [-0.25, -0.2) is 9.97 Å². The first-order chi connectivity index (χ1) is 18.1. The van der Waals surface area contributed by atoms with Crippen LogP contribution >= 0.6 is 0 Å². The van der Waals surface area contributed by atoms with Crippen LogP contribution in [0.3, 0.4) is 0 Å². The Balaban J connectivity index is 1.38. The Kier molecular flexibility index (Phi) is 7.74. The van der Waals surface area contributed by atoms with Crippen LogP contribution in [0.1, 0.15) is 29.6 Å². The predicted octanol–water partition coefficient (Wildman–Crippen LogP) is 3.13. The molecule has 5 rings (SSSR count). The first-order valence-corrected chi connectivity index (χ1v) is 12.6. The summed E-state index contributed by atoms with van der Waals surface area (Å²) in [7, 11) is 0. The van der Waals surface area contributed by atoms with Crippen LogP contribution in [0.2, 0.25) is 0 Å². The Morgan fingerprint density at radius 1 is 1.11 bits per heavy atom. The van der Waals surface area contributed by atoms with Crippen LogP contribution in [0.4, 0.5) is 5.82 Å². The molecule has 192 valence electrons. The first-order valence-electron chi connectivity index (χ1n) is 12.6. The Bertz CT molecular complexity index is 1340. The molecular weight excluding hydrogens is 470 g/mol. The maximum Gasteiger partial charge on any atom is 0.251 e. The normalized spacial score (nSPS) is 14.0. The minimum Gasteiger partial charge on any atom is -0.394 e. The van der Waals surface area contributed by atoms with Gasteiger partial charge >= 0.3 is 0 Å². The number of fused-ring (bicyclic) bond motifs is 1. The van der Waals surface area contributed by atoms with Crippen LogP contribution in [0.5, 0.6) is 0 Å². The second kappa shape index (κ2) is 11.5. The fourth-order valence-corrected chi connectivity index (χ4v) is 4.01. The van der Waals surface area contributed by atoms with Crippen LogP contribution in [0.25, 0.3) is 28.2 Å². The molecule has 1 saturated carbocycles. The number of rotatable bonds is 12. The lowest BCUT2D eigenvalue weighted by Crippen LogP contribution is -2.25. The summed E-state index contributed by atoms with van der Waals surface area (Å²) in [4.78, 5) is 21.9. The highest BCUT2D eigenvalue weighted by Gasteiger charge is 2.23. The molecule has 0 saturated heterocycles. The third kappa shape index (κ3) is 6.14. The number of nitrogens with zero attached hydrogens (tertiary/aromatic N) is 3. The summed E-state index contributed by atoms with van der Waals surface area (Å²) >= 11 is 0. The fourth-order valence-electron chi connectivity index (χ4n) is 4.01. The van der Waals surface area contributed by atoms with Gasteiger partial charge in [0.15, 0.2) is 11.5 Å². The van der Waals surface area contributed by atoms with Gasteiger partial charge in [-0.3, -0.25) is 9.20 Å². The zero-order valence-corrected chi connectivity index (χ0v) is 20.5. The van der Waals surface area contributed by atoms with E-state index in [2.05, 4.69) is 15.6 Å². The molecule has 1 aliphatic rings. The SMILES string of the molecule is O=C(NC1CC1)c1ccc(-c2cnc3c(NCCCOC[C@@H](O)CO)nc(-c4ccccc4)cn23)cc1. The number of ether oxygens (including phenoxy) is 1. The molecular formula is C28H31N5O4. The van der Waals surface area contributed by atoms with Crippen molar-refractivity contribution in [2.24, 2.45) is 0 Å². The smallest absolute Gasteiger partial charge is 0.251 e. The van der Waals surface area contributed by atoms with Gasteiger partial charge in [0.05, 0.1) is 30.8 Å². The van der Waals surface area contributed by atoms with Crippen molar-refractivity contribution in [2.45, 2.75) is 31.4 Å². The number of carbonyl (C=O) groups excluding carboxylic acids is 1. The number of aromatic nitrogens is 3. The molecule has 0 unspecified atom stereocenters. The van der Waals surface area contributed by atoms with Gasteiger partial charge < -0.3 is 25.6 Å². The van der Waals surface area contributed by atoms with Gasteiger partial charge in [0, 0.05) is 42.1 Å². The van der Waals surface area contributed by atoms with Crippen LogP contribution in [-0.4, -0.2) is 69.0 Å². The van der Waals surface area contributed by atoms with Crippen molar-refractivity contribution >= 4 is 17.4 Å². The van der Waals surface area contributed by atoms with Crippen molar-refractivity contribution in [3.05, 3.63) is 72.6 Å². The Hall–Kier alpha value is -3.79. The summed E-state index contributed by atoms with van der Waals surface area (Å²) in [6, 6.07) is 17.9. The van der Waals surface area contributed by atoms with Gasteiger partial charge in [-0.15, -0.1) is 0 Å². The molecule has 2 aromatic carbocycles. The van der Waals surface area contributed by atoms with E-state index in [0.717, 1.165) is 35.4 Å². The van der Waals surface area contributed by atoms with E-state index in [1.807, 2.05) is 71.4 Å². The number of anilines is 1. The molecule has 0 aliphatic heterocycles. The van der Waals surface area contributed by atoms with Gasteiger partial charge in [-0.1, -0.05) is 42.5 Å². The molecule has 0 bridgehead atoms. The van der Waals surface area contributed by atoms with Crippen molar-refractivity contribution in [1.29, 1.82) is 0 Å². The van der Waals surface area contributed by atoms with E-state index in [-0.39, 0.29) is 19.1 Å². The van der Waals surface area contributed by atoms with Crippen LogP contribution in [-0.2, 0) is 4.74 Å². The number of hydrogen-bond donors (Lipinski definition) is 4. The lowest BCUT2D eigenvalue weighted by atomic mass is 10.1. The highest BCUT2D eigenvalue weighted by molar-refractivity contribution is 5.95. The number of nitrogens with one attached hydrogen (secondary N) is 2. The topological polar surface area (TPSA) is 121 Å². The number of aliphatic hydroxyl groups excluding tert-OH is 2. The first kappa shape index (κ1) is 24.9. The molecule has 37 heavy (non-hydrogen) atoms. The van der Waals surface area contributed by atoms with E-state index in [0.29, 0.717) is 42.6 Å². The van der Waals surface area contributed by atoms with E-state index >= 15 is 0 Å². The second-order valence-electron chi connectivity index (χ2n) is 9.19. The quantitative estimate of drug-likeness (QED) is 0.220. The summed E-state index contributed by atoms with van der Waals surface area (Å²) in [5.41, 5.74) is 4.97. The summed E-state index contributed by atoms with van der Waals surface area (Å²) in [6.45, 7) is 0.834. The Morgan fingerprint density at radius 2 is 1.89 bits per heavy atom. The fraction of sp³-hybridized carbons (Fsp3) is 0.321. The largest absolute Gasteiger partial charge is 0.394 e. The molecule has 0 radical (unpaired) electrons. The third-order valence-electron chi connectivity index (χ3n) is 6.20. The Labute approximate surface area is 215 Å². The average molecular weight is 502 g/mol. The van der Waals surface area contributed by atoms with Crippen molar-refractivity contribution in [2.75, 3.05) is 31.7 Å².